The number of urea groups is 1. The van der Waals surface area contributed by atoms with Crippen LogP contribution in [-0.2, 0) is 42.3 Å². The molecule has 2 amide bonds. The molecule has 1 atom stereocenters. The number of amides is 2. The van der Waals surface area contributed by atoms with Gasteiger partial charge in [0, 0.05) is 18.3 Å². The number of nitrogens with one attached hydrogen (secondary N) is 2. The van der Waals surface area contributed by atoms with Crippen LogP contribution in [0.5, 0.6) is 0 Å². The molecule has 32 heavy (non-hydrogen) atoms. The zero-order valence-corrected chi connectivity index (χ0v) is 19.8. The van der Waals surface area contributed by atoms with Crippen molar-refractivity contribution >= 4 is 21.7 Å². The van der Waals surface area contributed by atoms with Crippen LogP contribution in [-0.4, -0.2) is 37.7 Å². The Hall–Kier alpha value is -2.38. The van der Waals surface area contributed by atoms with Crippen LogP contribution < -0.4 is 10.0 Å². The summed E-state index contributed by atoms with van der Waals surface area (Å²) in [7, 11) is -3.78. The second kappa shape index (κ2) is 9.63. The lowest BCUT2D eigenvalue weighted by Gasteiger charge is -2.27. The van der Waals surface area contributed by atoms with E-state index in [4.69, 9.17) is 0 Å². The van der Waals surface area contributed by atoms with E-state index in [1.165, 1.54) is 22.3 Å². The maximum atomic E-state index is 12.8. The predicted octanol–water partition coefficient (Wildman–Crippen LogP) is 4.03. The molecule has 2 aliphatic carbocycles. The molecular weight excluding hydrogens is 422 g/mol. The fourth-order valence-electron chi connectivity index (χ4n) is 5.11. The molecule has 2 aromatic rings. The van der Waals surface area contributed by atoms with Crippen LogP contribution in [0.1, 0.15) is 54.5 Å². The van der Waals surface area contributed by atoms with Gasteiger partial charge < -0.3 is 5.32 Å². The first-order valence-corrected chi connectivity index (χ1v) is 13.3. The average Bonchev–Trinajstić information content (AvgIpc) is 3.41. The number of anilines is 1. The van der Waals surface area contributed by atoms with Crippen molar-refractivity contribution in [1.82, 2.24) is 9.62 Å². The van der Waals surface area contributed by atoms with Crippen LogP contribution >= 0.6 is 0 Å². The average molecular weight is 456 g/mol. The molecule has 0 saturated heterocycles. The highest BCUT2D eigenvalue weighted by Crippen LogP contribution is 2.38. The number of sulfonamides is 1. The van der Waals surface area contributed by atoms with Crippen molar-refractivity contribution in [2.24, 2.45) is 0 Å². The largest absolute Gasteiger partial charge is 0.332 e. The van der Waals surface area contributed by atoms with Crippen LogP contribution in [0.3, 0.4) is 0 Å². The van der Waals surface area contributed by atoms with Gasteiger partial charge in [-0.3, -0.25) is 4.90 Å². The van der Waals surface area contributed by atoms with Gasteiger partial charge >= 0.3 is 6.03 Å². The summed E-state index contributed by atoms with van der Waals surface area (Å²) in [6, 6.07) is 11.4. The van der Waals surface area contributed by atoms with E-state index in [1.807, 2.05) is 44.2 Å². The van der Waals surface area contributed by atoms with Gasteiger partial charge in [0.05, 0.1) is 5.75 Å². The van der Waals surface area contributed by atoms with E-state index in [0.717, 1.165) is 56.3 Å². The van der Waals surface area contributed by atoms with E-state index in [2.05, 4.69) is 21.0 Å². The summed E-state index contributed by atoms with van der Waals surface area (Å²) >= 11 is 0. The number of aryl methyl sites for hydroxylation is 2. The summed E-state index contributed by atoms with van der Waals surface area (Å²) in [5.41, 5.74) is 6.97. The molecule has 1 unspecified atom stereocenters. The third kappa shape index (κ3) is 5.15. The molecule has 4 rings (SSSR count). The van der Waals surface area contributed by atoms with E-state index >= 15 is 0 Å². The minimum atomic E-state index is -3.78. The SMILES string of the molecule is CCN(Cc1ccccc1)C(C)CS(=O)(=O)NC(=O)Nc1c2c(cc3c1CCC3)CCC2. The molecular formula is C25H33N3O3S. The van der Waals surface area contributed by atoms with Crippen LogP contribution in [0.4, 0.5) is 10.5 Å². The molecule has 0 bridgehead atoms. The van der Waals surface area contributed by atoms with Crippen molar-refractivity contribution in [3.05, 3.63) is 64.2 Å². The first-order valence-electron chi connectivity index (χ1n) is 11.6. The monoisotopic (exact) mass is 455 g/mol. The van der Waals surface area contributed by atoms with Gasteiger partial charge in [-0.25, -0.2) is 17.9 Å². The van der Waals surface area contributed by atoms with Gasteiger partial charge in [-0.1, -0.05) is 43.3 Å². The maximum absolute atomic E-state index is 12.8. The van der Waals surface area contributed by atoms with Crippen molar-refractivity contribution in [2.45, 2.75) is 65.0 Å². The number of carbonyl (C=O) groups excluding carboxylic acids is 1. The number of benzene rings is 2. The topological polar surface area (TPSA) is 78.5 Å². The van der Waals surface area contributed by atoms with Crippen LogP contribution in [0.2, 0.25) is 0 Å². The zero-order chi connectivity index (χ0) is 22.7. The number of hydrogen-bond donors (Lipinski definition) is 2. The second-order valence-corrected chi connectivity index (χ2v) is 10.7. The van der Waals surface area contributed by atoms with Crippen molar-refractivity contribution < 1.29 is 13.2 Å². The Morgan fingerprint density at radius 1 is 1.03 bits per heavy atom. The molecule has 0 aliphatic heterocycles. The molecule has 0 fully saturated rings. The smallest absolute Gasteiger partial charge is 0.307 e. The maximum Gasteiger partial charge on any atom is 0.332 e. The second-order valence-electron chi connectivity index (χ2n) is 8.97. The Bertz CT molecular complexity index is 1050. The summed E-state index contributed by atoms with van der Waals surface area (Å²) in [5.74, 6) is -0.133. The summed E-state index contributed by atoms with van der Waals surface area (Å²) in [6.45, 7) is 5.30. The Morgan fingerprint density at radius 2 is 1.66 bits per heavy atom. The number of nitrogens with zero attached hydrogens (tertiary/aromatic N) is 1. The van der Waals surface area contributed by atoms with E-state index in [-0.39, 0.29) is 11.8 Å². The standard InChI is InChI=1S/C25H33N3O3S/c1-3-28(16-19-9-5-4-6-10-19)18(2)17-32(30,31)27-25(29)26-24-22-13-7-11-20(22)15-21-12-8-14-23(21)24/h4-6,9-10,15,18H,3,7-8,11-14,16-17H2,1-2H3,(H2,26,27,29). The quantitative estimate of drug-likeness (QED) is 0.630. The summed E-state index contributed by atoms with van der Waals surface area (Å²) < 4.78 is 27.8. The molecule has 0 saturated carbocycles. The minimum Gasteiger partial charge on any atom is -0.307 e. The number of carbonyl (C=O) groups is 1. The highest BCUT2D eigenvalue weighted by molar-refractivity contribution is 7.90. The Kier molecular flexibility index (Phi) is 6.86. The van der Waals surface area contributed by atoms with Crippen molar-refractivity contribution in [3.63, 3.8) is 0 Å². The molecule has 0 aromatic heterocycles. The van der Waals surface area contributed by atoms with Gasteiger partial charge in [0.2, 0.25) is 10.0 Å². The van der Waals surface area contributed by atoms with Gasteiger partial charge in [0.15, 0.2) is 0 Å². The van der Waals surface area contributed by atoms with Gasteiger partial charge in [0.1, 0.15) is 0 Å². The summed E-state index contributed by atoms with van der Waals surface area (Å²) in [6.07, 6.45) is 6.10. The Balaban J connectivity index is 1.41. The molecule has 0 heterocycles. The lowest BCUT2D eigenvalue weighted by molar-refractivity contribution is 0.226. The first-order chi connectivity index (χ1) is 15.4. The Labute approximate surface area is 191 Å². The fraction of sp³-hybridized carbons (Fsp3) is 0.480. The molecule has 2 aliphatic rings. The van der Waals surface area contributed by atoms with Gasteiger partial charge in [-0.15, -0.1) is 0 Å². The molecule has 0 radical (unpaired) electrons. The minimum absolute atomic E-state index is 0.133. The van der Waals surface area contributed by atoms with Crippen LogP contribution in [0, 0.1) is 0 Å². The Morgan fingerprint density at radius 3 is 2.25 bits per heavy atom. The van der Waals surface area contributed by atoms with Crippen molar-refractivity contribution in [1.29, 1.82) is 0 Å². The zero-order valence-electron chi connectivity index (χ0n) is 19.0. The summed E-state index contributed by atoms with van der Waals surface area (Å²) in [4.78, 5) is 14.8. The van der Waals surface area contributed by atoms with Crippen LogP contribution in [0.25, 0.3) is 0 Å². The van der Waals surface area contributed by atoms with Crippen molar-refractivity contribution in [2.75, 3.05) is 17.6 Å². The lowest BCUT2D eigenvalue weighted by atomic mass is 9.99. The number of rotatable bonds is 8. The summed E-state index contributed by atoms with van der Waals surface area (Å²) in [5, 5.41) is 2.91. The molecule has 172 valence electrons. The highest BCUT2D eigenvalue weighted by atomic mass is 32.2. The number of hydrogen-bond acceptors (Lipinski definition) is 4. The van der Waals surface area contributed by atoms with Gasteiger partial charge in [-0.2, -0.15) is 0 Å². The fourth-order valence-corrected chi connectivity index (χ4v) is 6.37. The van der Waals surface area contributed by atoms with Gasteiger partial charge in [-0.05, 0) is 79.8 Å². The predicted molar refractivity (Wildman–Crippen MR) is 128 cm³/mol. The first kappa shape index (κ1) is 22.8. The van der Waals surface area contributed by atoms with Crippen LogP contribution in [0.15, 0.2) is 36.4 Å². The molecule has 7 heteroatoms. The molecule has 0 spiro atoms. The number of fused-ring (bicyclic) bond motifs is 2. The lowest BCUT2D eigenvalue weighted by Crippen LogP contribution is -2.43. The normalized spacial score (nSPS) is 16.0. The highest BCUT2D eigenvalue weighted by Gasteiger charge is 2.27. The molecule has 2 N–H and O–H groups in total. The van der Waals surface area contributed by atoms with E-state index in [1.54, 1.807) is 0 Å². The van der Waals surface area contributed by atoms with Crippen molar-refractivity contribution in [3.8, 4) is 0 Å². The van der Waals surface area contributed by atoms with E-state index < -0.39 is 16.1 Å². The molecule has 2 aromatic carbocycles. The third-order valence-corrected chi connectivity index (χ3v) is 8.10. The van der Waals surface area contributed by atoms with E-state index in [0.29, 0.717) is 6.54 Å². The third-order valence-electron chi connectivity index (χ3n) is 6.68. The van der Waals surface area contributed by atoms with E-state index in [9.17, 15) is 13.2 Å². The molecule has 6 nitrogen and oxygen atoms in total. The van der Waals surface area contributed by atoms with Gasteiger partial charge in [0.25, 0.3) is 0 Å².